The van der Waals surface area contributed by atoms with Crippen LogP contribution in [0.4, 0.5) is 20.2 Å². The number of benzene rings is 2. The molecule has 0 heterocycles. The molecule has 2 rings (SSSR count). The molecule has 0 aliphatic heterocycles. The standard InChI is InChI=1S/C18H20F2N4O4S/c1-4-23(5-2)29(27,28)18-11-14(24(25)26)7-9-17(18)22-21-12(3)15-8-6-13(19)10-16(15)20/h6-11,22H,4-5H2,1-3H3/b21-12+. The second-order valence-electron chi connectivity index (χ2n) is 5.96. The van der Waals surface area contributed by atoms with Crippen LogP contribution in [-0.2, 0) is 10.0 Å². The summed E-state index contributed by atoms with van der Waals surface area (Å²) in [5.41, 5.74) is 2.27. The van der Waals surface area contributed by atoms with Gasteiger partial charge in [0.25, 0.3) is 5.69 Å². The number of non-ortho nitro benzene ring substituents is 1. The number of hydrogen-bond acceptors (Lipinski definition) is 6. The number of halogens is 2. The van der Waals surface area contributed by atoms with Crippen LogP contribution in [0.15, 0.2) is 46.4 Å². The van der Waals surface area contributed by atoms with Crippen molar-refractivity contribution in [1.29, 1.82) is 0 Å². The van der Waals surface area contributed by atoms with E-state index in [0.29, 0.717) is 6.07 Å². The molecule has 0 amide bonds. The Morgan fingerprint density at radius 1 is 1.17 bits per heavy atom. The average molecular weight is 426 g/mol. The third kappa shape index (κ3) is 4.93. The molecule has 0 saturated carbocycles. The first-order chi connectivity index (χ1) is 13.6. The van der Waals surface area contributed by atoms with Crippen molar-refractivity contribution in [3.05, 3.63) is 63.7 Å². The van der Waals surface area contributed by atoms with Gasteiger partial charge in [-0.3, -0.25) is 15.5 Å². The molecular formula is C18H20F2N4O4S. The Kier molecular flexibility index (Phi) is 6.98. The highest BCUT2D eigenvalue weighted by Gasteiger charge is 2.27. The third-order valence-electron chi connectivity index (χ3n) is 4.16. The van der Waals surface area contributed by atoms with Gasteiger partial charge in [0.2, 0.25) is 10.0 Å². The lowest BCUT2D eigenvalue weighted by molar-refractivity contribution is -0.385. The molecule has 0 aliphatic rings. The maximum Gasteiger partial charge on any atom is 0.270 e. The highest BCUT2D eigenvalue weighted by molar-refractivity contribution is 7.89. The molecular weight excluding hydrogens is 406 g/mol. The number of nitrogens with one attached hydrogen (secondary N) is 1. The number of nitrogens with zero attached hydrogens (tertiary/aromatic N) is 3. The lowest BCUT2D eigenvalue weighted by Gasteiger charge is -2.20. The zero-order valence-corrected chi connectivity index (χ0v) is 16.8. The van der Waals surface area contributed by atoms with E-state index in [4.69, 9.17) is 0 Å². The van der Waals surface area contributed by atoms with E-state index in [2.05, 4.69) is 10.5 Å². The first kappa shape index (κ1) is 22.4. The Balaban J connectivity index is 2.51. The lowest BCUT2D eigenvalue weighted by atomic mass is 10.1. The number of rotatable bonds is 8. The molecule has 29 heavy (non-hydrogen) atoms. The fourth-order valence-corrected chi connectivity index (χ4v) is 4.24. The van der Waals surface area contributed by atoms with E-state index in [9.17, 15) is 27.3 Å². The van der Waals surface area contributed by atoms with Gasteiger partial charge in [-0.2, -0.15) is 9.41 Å². The molecule has 8 nitrogen and oxygen atoms in total. The molecule has 0 bridgehead atoms. The van der Waals surface area contributed by atoms with Gasteiger partial charge in [0.1, 0.15) is 16.5 Å². The minimum atomic E-state index is -4.04. The topological polar surface area (TPSA) is 105 Å². The van der Waals surface area contributed by atoms with Crippen LogP contribution in [0.1, 0.15) is 26.3 Å². The number of hydrogen-bond donors (Lipinski definition) is 1. The van der Waals surface area contributed by atoms with Gasteiger partial charge >= 0.3 is 0 Å². The summed E-state index contributed by atoms with van der Waals surface area (Å²) in [5, 5.41) is 15.1. The second kappa shape index (κ2) is 9.05. The highest BCUT2D eigenvalue weighted by Crippen LogP contribution is 2.29. The summed E-state index contributed by atoms with van der Waals surface area (Å²) in [6.45, 7) is 5.08. The molecule has 0 aromatic heterocycles. The molecule has 1 N–H and O–H groups in total. The van der Waals surface area contributed by atoms with E-state index >= 15 is 0 Å². The average Bonchev–Trinajstić information content (AvgIpc) is 2.66. The lowest BCUT2D eigenvalue weighted by Crippen LogP contribution is -2.31. The Hall–Kier alpha value is -2.92. The zero-order chi connectivity index (χ0) is 21.8. The van der Waals surface area contributed by atoms with Gasteiger partial charge in [-0.1, -0.05) is 13.8 Å². The van der Waals surface area contributed by atoms with Gasteiger partial charge < -0.3 is 0 Å². The van der Waals surface area contributed by atoms with Crippen LogP contribution in [0, 0.1) is 21.7 Å². The van der Waals surface area contributed by atoms with E-state index < -0.39 is 32.3 Å². The van der Waals surface area contributed by atoms with Gasteiger partial charge in [-0.05, 0) is 25.1 Å². The molecule has 11 heteroatoms. The van der Waals surface area contributed by atoms with Gasteiger partial charge in [-0.25, -0.2) is 17.2 Å². The normalized spacial score (nSPS) is 12.3. The fourth-order valence-electron chi connectivity index (χ4n) is 2.62. The van der Waals surface area contributed by atoms with Crippen molar-refractivity contribution in [3.63, 3.8) is 0 Å². The van der Waals surface area contributed by atoms with E-state index in [1.807, 2.05) is 0 Å². The van der Waals surface area contributed by atoms with Gasteiger partial charge in [-0.15, -0.1) is 0 Å². The van der Waals surface area contributed by atoms with Crippen LogP contribution in [0.5, 0.6) is 0 Å². The maximum absolute atomic E-state index is 13.9. The fraction of sp³-hybridized carbons (Fsp3) is 0.278. The molecule has 2 aromatic carbocycles. The quantitative estimate of drug-likeness (QED) is 0.393. The number of hydrazone groups is 1. The van der Waals surface area contributed by atoms with Crippen LogP contribution < -0.4 is 5.43 Å². The molecule has 0 atom stereocenters. The van der Waals surface area contributed by atoms with Crippen molar-refractivity contribution in [3.8, 4) is 0 Å². The van der Waals surface area contributed by atoms with Crippen LogP contribution >= 0.6 is 0 Å². The van der Waals surface area contributed by atoms with Crippen LogP contribution in [0.2, 0.25) is 0 Å². The summed E-state index contributed by atoms with van der Waals surface area (Å²) < 4.78 is 53.9. The van der Waals surface area contributed by atoms with E-state index in [1.165, 1.54) is 19.1 Å². The summed E-state index contributed by atoms with van der Waals surface area (Å²) in [7, 11) is -4.04. The first-order valence-electron chi connectivity index (χ1n) is 8.66. The summed E-state index contributed by atoms with van der Waals surface area (Å²) in [6.07, 6.45) is 0. The Morgan fingerprint density at radius 3 is 2.38 bits per heavy atom. The molecule has 0 unspecified atom stereocenters. The summed E-state index contributed by atoms with van der Waals surface area (Å²) in [5.74, 6) is -1.57. The van der Waals surface area contributed by atoms with Crippen LogP contribution in [0.3, 0.4) is 0 Å². The highest BCUT2D eigenvalue weighted by atomic mass is 32.2. The molecule has 0 spiro atoms. The molecule has 0 aliphatic carbocycles. The Bertz CT molecular complexity index is 1050. The van der Waals surface area contributed by atoms with Crippen molar-refractivity contribution in [1.82, 2.24) is 4.31 Å². The largest absolute Gasteiger partial charge is 0.277 e. The monoisotopic (exact) mass is 426 g/mol. The predicted molar refractivity (Wildman–Crippen MR) is 105 cm³/mol. The first-order valence-corrected chi connectivity index (χ1v) is 10.1. The smallest absolute Gasteiger partial charge is 0.270 e. The van der Waals surface area contributed by atoms with Crippen molar-refractivity contribution < 1.29 is 22.1 Å². The van der Waals surface area contributed by atoms with Crippen molar-refractivity contribution in [2.75, 3.05) is 18.5 Å². The summed E-state index contributed by atoms with van der Waals surface area (Å²) in [6, 6.07) is 6.27. The van der Waals surface area contributed by atoms with Gasteiger partial charge in [0.15, 0.2) is 0 Å². The number of nitro groups is 1. The minimum absolute atomic E-state index is 0.00984. The zero-order valence-electron chi connectivity index (χ0n) is 16.0. The molecule has 2 aromatic rings. The van der Waals surface area contributed by atoms with Gasteiger partial charge in [0.05, 0.1) is 16.3 Å². The van der Waals surface area contributed by atoms with E-state index in [1.54, 1.807) is 13.8 Å². The predicted octanol–water partition coefficient (Wildman–Crippen LogP) is 3.74. The maximum atomic E-state index is 13.9. The van der Waals surface area contributed by atoms with Crippen molar-refractivity contribution >= 4 is 27.1 Å². The van der Waals surface area contributed by atoms with E-state index in [-0.39, 0.29) is 34.9 Å². The molecule has 0 radical (unpaired) electrons. The van der Waals surface area contributed by atoms with E-state index in [0.717, 1.165) is 22.5 Å². The Morgan fingerprint density at radius 2 is 1.83 bits per heavy atom. The number of nitro benzene ring substituents is 1. The molecule has 156 valence electrons. The molecule has 0 fully saturated rings. The summed E-state index contributed by atoms with van der Waals surface area (Å²) >= 11 is 0. The van der Waals surface area contributed by atoms with Gasteiger partial charge in [0, 0.05) is 36.9 Å². The van der Waals surface area contributed by atoms with Crippen LogP contribution in [0.25, 0.3) is 0 Å². The van der Waals surface area contributed by atoms with Crippen LogP contribution in [-0.4, -0.2) is 36.4 Å². The third-order valence-corrected chi connectivity index (χ3v) is 6.25. The second-order valence-corrected chi connectivity index (χ2v) is 7.87. The Labute approximate surface area is 167 Å². The van der Waals surface area contributed by atoms with Crippen molar-refractivity contribution in [2.45, 2.75) is 25.7 Å². The molecule has 0 saturated heterocycles. The summed E-state index contributed by atoms with van der Waals surface area (Å²) in [4.78, 5) is 10.1. The number of anilines is 1. The van der Waals surface area contributed by atoms with Crippen molar-refractivity contribution in [2.24, 2.45) is 5.10 Å². The number of sulfonamides is 1. The SMILES string of the molecule is CCN(CC)S(=O)(=O)c1cc([N+](=O)[O-])ccc1N/N=C(\C)c1ccc(F)cc1F. The minimum Gasteiger partial charge on any atom is -0.277 e.